The Morgan fingerprint density at radius 1 is 1.23 bits per heavy atom. The lowest BCUT2D eigenvalue weighted by molar-refractivity contribution is 0.151. The molecule has 0 spiro atoms. The molecule has 0 aliphatic carbocycles. The lowest BCUT2D eigenvalue weighted by Gasteiger charge is -2.14. The van der Waals surface area contributed by atoms with Gasteiger partial charge in [-0.05, 0) is 44.0 Å². The van der Waals surface area contributed by atoms with Crippen LogP contribution in [0.15, 0.2) is 23.3 Å². The predicted molar refractivity (Wildman–Crippen MR) is 75.3 cm³/mol. The molecule has 0 saturated carbocycles. The van der Waals surface area contributed by atoms with E-state index in [0.717, 1.165) is 12.4 Å². The number of hydrogen-bond acceptors (Lipinski definition) is 3. The molecule has 1 unspecified atom stereocenters. The van der Waals surface area contributed by atoms with Crippen molar-refractivity contribution in [2.45, 2.75) is 33.4 Å². The van der Waals surface area contributed by atoms with Crippen molar-refractivity contribution in [2.24, 2.45) is 0 Å². The smallest absolute Gasteiger partial charge is 0.294 e. The van der Waals surface area contributed by atoms with Crippen molar-refractivity contribution in [3.8, 4) is 11.5 Å². The number of aromatic amines is 1. The Balaban J connectivity index is 2.54. The van der Waals surface area contributed by atoms with Gasteiger partial charge in [0.25, 0.3) is 12.0 Å². The number of ether oxygens (including phenoxy) is 1. The fourth-order valence-electron chi connectivity index (χ4n) is 1.98. The maximum absolute atomic E-state index is 13.5. The number of nitrogens with one attached hydrogen (secondary N) is 1. The summed E-state index contributed by atoms with van der Waals surface area (Å²) in [5.74, 6) is -0.248. The zero-order valence-corrected chi connectivity index (χ0v) is 12.3. The van der Waals surface area contributed by atoms with Crippen molar-refractivity contribution < 1.29 is 17.9 Å². The van der Waals surface area contributed by atoms with E-state index in [2.05, 4.69) is 9.97 Å². The number of nitrogens with zero attached hydrogens (tertiary/aromatic N) is 1. The third kappa shape index (κ3) is 3.13. The first-order chi connectivity index (χ1) is 10.3. The molecule has 0 aliphatic heterocycles. The Morgan fingerprint density at radius 2 is 1.91 bits per heavy atom. The Bertz CT molecular complexity index is 742. The number of rotatable bonds is 4. The first kappa shape index (κ1) is 16.1. The summed E-state index contributed by atoms with van der Waals surface area (Å²) in [6, 6.07) is 2.49. The van der Waals surface area contributed by atoms with Crippen LogP contribution in [-0.4, -0.2) is 9.97 Å². The van der Waals surface area contributed by atoms with Crippen molar-refractivity contribution in [3.05, 3.63) is 51.2 Å². The highest BCUT2D eigenvalue weighted by Crippen LogP contribution is 2.33. The highest BCUT2D eigenvalue weighted by molar-refractivity contribution is 5.45. The standard InChI is InChI=1S/C15H15F3N2O2/c1-7-4-10(14(17)18)5-11(8(7)2)22-13-12(9(3)16)19-6-20-15(13)21/h4-6,9,14H,1-3H3,(H,19,20,21). The highest BCUT2D eigenvalue weighted by Gasteiger charge is 2.19. The van der Waals surface area contributed by atoms with E-state index in [1.807, 2.05) is 0 Å². The molecule has 2 rings (SSSR count). The molecule has 1 aromatic heterocycles. The summed E-state index contributed by atoms with van der Waals surface area (Å²) in [6.07, 6.45) is -3.14. The van der Waals surface area contributed by atoms with Gasteiger partial charge in [0.15, 0.2) is 0 Å². The van der Waals surface area contributed by atoms with E-state index in [-0.39, 0.29) is 22.8 Å². The Kier molecular flexibility index (Phi) is 4.54. The van der Waals surface area contributed by atoms with Crippen LogP contribution in [0.25, 0.3) is 0 Å². The van der Waals surface area contributed by atoms with Gasteiger partial charge in [-0.15, -0.1) is 0 Å². The van der Waals surface area contributed by atoms with Gasteiger partial charge in [0.05, 0.1) is 6.33 Å². The Morgan fingerprint density at radius 3 is 2.50 bits per heavy atom. The van der Waals surface area contributed by atoms with Crippen LogP contribution in [0.4, 0.5) is 13.2 Å². The summed E-state index contributed by atoms with van der Waals surface area (Å²) in [4.78, 5) is 17.8. The molecular weight excluding hydrogens is 297 g/mol. The van der Waals surface area contributed by atoms with Crippen LogP contribution < -0.4 is 10.3 Å². The van der Waals surface area contributed by atoms with E-state index in [4.69, 9.17) is 4.74 Å². The molecule has 0 radical (unpaired) electrons. The quantitative estimate of drug-likeness (QED) is 0.923. The zero-order chi connectivity index (χ0) is 16.4. The molecule has 2 aromatic rings. The number of halogens is 3. The van der Waals surface area contributed by atoms with Gasteiger partial charge in [0.1, 0.15) is 17.6 Å². The topological polar surface area (TPSA) is 55.0 Å². The molecule has 1 aromatic carbocycles. The molecule has 0 bridgehead atoms. The number of H-pyrrole nitrogens is 1. The molecular formula is C15H15F3N2O2. The molecule has 1 atom stereocenters. The lowest BCUT2D eigenvalue weighted by Crippen LogP contribution is -2.13. The van der Waals surface area contributed by atoms with E-state index < -0.39 is 18.2 Å². The first-order valence-corrected chi connectivity index (χ1v) is 6.60. The van der Waals surface area contributed by atoms with Crippen LogP contribution in [0, 0.1) is 13.8 Å². The fourth-order valence-corrected chi connectivity index (χ4v) is 1.98. The summed E-state index contributed by atoms with van der Waals surface area (Å²) in [5.41, 5.74) is 0.0959. The maximum atomic E-state index is 13.5. The average Bonchev–Trinajstić information content (AvgIpc) is 2.44. The van der Waals surface area contributed by atoms with Crippen molar-refractivity contribution in [3.63, 3.8) is 0 Å². The summed E-state index contributed by atoms with van der Waals surface area (Å²) in [7, 11) is 0. The second-order valence-electron chi connectivity index (χ2n) is 4.93. The van der Waals surface area contributed by atoms with E-state index in [0.29, 0.717) is 11.1 Å². The van der Waals surface area contributed by atoms with Crippen LogP contribution in [0.3, 0.4) is 0 Å². The van der Waals surface area contributed by atoms with Crippen LogP contribution in [0.1, 0.15) is 41.9 Å². The van der Waals surface area contributed by atoms with Gasteiger partial charge in [0.2, 0.25) is 5.75 Å². The highest BCUT2D eigenvalue weighted by atomic mass is 19.3. The van der Waals surface area contributed by atoms with Crippen molar-refractivity contribution >= 4 is 0 Å². The molecule has 4 nitrogen and oxygen atoms in total. The summed E-state index contributed by atoms with van der Waals surface area (Å²) in [6.45, 7) is 4.53. The molecule has 1 N–H and O–H groups in total. The number of aromatic nitrogens is 2. The van der Waals surface area contributed by atoms with Gasteiger partial charge in [-0.25, -0.2) is 18.2 Å². The first-order valence-electron chi connectivity index (χ1n) is 6.60. The number of benzene rings is 1. The van der Waals surface area contributed by atoms with Crippen molar-refractivity contribution in [1.29, 1.82) is 0 Å². The normalized spacial score (nSPS) is 12.5. The minimum atomic E-state index is -2.67. The van der Waals surface area contributed by atoms with E-state index in [1.165, 1.54) is 13.0 Å². The third-order valence-corrected chi connectivity index (χ3v) is 3.32. The molecule has 0 fully saturated rings. The summed E-state index contributed by atoms with van der Waals surface area (Å²) < 4.78 is 44.8. The second kappa shape index (κ2) is 6.21. The van der Waals surface area contributed by atoms with E-state index >= 15 is 0 Å². The molecule has 7 heteroatoms. The van der Waals surface area contributed by atoms with Gasteiger partial charge in [-0.2, -0.15) is 0 Å². The zero-order valence-electron chi connectivity index (χ0n) is 12.3. The lowest BCUT2D eigenvalue weighted by atomic mass is 10.1. The number of alkyl halides is 3. The predicted octanol–water partition coefficient (Wildman–Crippen LogP) is 4.15. The number of aryl methyl sites for hydroxylation is 1. The Hall–Kier alpha value is -2.31. The minimum Gasteiger partial charge on any atom is -0.449 e. The SMILES string of the molecule is Cc1cc(C(F)F)cc(Oc2c(C(C)F)nc[nH]c2=O)c1C. The third-order valence-electron chi connectivity index (χ3n) is 3.32. The van der Waals surface area contributed by atoms with Crippen molar-refractivity contribution in [1.82, 2.24) is 9.97 Å². The van der Waals surface area contributed by atoms with Crippen LogP contribution in [0.5, 0.6) is 11.5 Å². The second-order valence-corrected chi connectivity index (χ2v) is 4.93. The minimum absolute atomic E-state index is 0.0794. The molecule has 1 heterocycles. The van der Waals surface area contributed by atoms with E-state index in [1.54, 1.807) is 13.8 Å². The van der Waals surface area contributed by atoms with Crippen LogP contribution in [0.2, 0.25) is 0 Å². The van der Waals surface area contributed by atoms with Gasteiger partial charge in [0, 0.05) is 5.56 Å². The van der Waals surface area contributed by atoms with Crippen LogP contribution in [-0.2, 0) is 0 Å². The fraction of sp³-hybridized carbons (Fsp3) is 0.333. The monoisotopic (exact) mass is 312 g/mol. The van der Waals surface area contributed by atoms with Gasteiger partial charge < -0.3 is 9.72 Å². The molecule has 0 amide bonds. The number of hydrogen-bond donors (Lipinski definition) is 1. The largest absolute Gasteiger partial charge is 0.449 e. The van der Waals surface area contributed by atoms with Gasteiger partial charge in [-0.3, -0.25) is 4.79 Å². The molecule has 22 heavy (non-hydrogen) atoms. The molecule has 118 valence electrons. The van der Waals surface area contributed by atoms with Gasteiger partial charge in [-0.1, -0.05) is 0 Å². The Labute approximate surface area is 125 Å². The van der Waals surface area contributed by atoms with Crippen LogP contribution >= 0.6 is 0 Å². The van der Waals surface area contributed by atoms with Gasteiger partial charge >= 0.3 is 0 Å². The molecule has 0 saturated heterocycles. The summed E-state index contributed by atoms with van der Waals surface area (Å²) >= 11 is 0. The average molecular weight is 312 g/mol. The van der Waals surface area contributed by atoms with Crippen molar-refractivity contribution in [2.75, 3.05) is 0 Å². The van der Waals surface area contributed by atoms with E-state index in [9.17, 15) is 18.0 Å². The molecule has 0 aliphatic rings. The summed E-state index contributed by atoms with van der Waals surface area (Å²) in [5, 5.41) is 0. The maximum Gasteiger partial charge on any atom is 0.294 e.